The molecule has 1 aromatic rings. The molecule has 1 aliphatic heterocycles. The number of piperidine rings is 1. The number of ether oxygens (including phenoxy) is 1. The Labute approximate surface area is 158 Å². The Morgan fingerprint density at radius 3 is 2.63 bits per heavy atom. The van der Waals surface area contributed by atoms with E-state index in [-0.39, 0.29) is 0 Å². The van der Waals surface area contributed by atoms with Crippen LogP contribution >= 0.6 is 0 Å². The van der Waals surface area contributed by atoms with Gasteiger partial charge in [-0.15, -0.1) is 0 Å². The number of nitrogens with one attached hydrogen (secondary N) is 1. The predicted octanol–water partition coefficient (Wildman–Crippen LogP) is 3.31. The monoisotopic (exact) mass is 382 g/mol. The zero-order chi connectivity index (χ0) is 19.9. The number of fused-ring (bicyclic) bond motifs is 1. The number of hydrogen-bond donors (Lipinski definition) is 2. The maximum Gasteiger partial charge on any atom is 0.410 e. The number of benzene rings is 1. The number of rotatable bonds is 3. The average molecular weight is 382 g/mol. The number of aliphatic hydroxyl groups is 1. The van der Waals surface area contributed by atoms with Crippen LogP contribution < -0.4 is 5.32 Å². The van der Waals surface area contributed by atoms with Gasteiger partial charge in [-0.1, -0.05) is 30.3 Å². The minimum absolute atomic E-state index is 0.340. The lowest BCUT2D eigenvalue weighted by Crippen LogP contribution is -2.67. The molecule has 1 aliphatic carbocycles. The van der Waals surface area contributed by atoms with Crippen LogP contribution in [0.3, 0.4) is 0 Å². The lowest BCUT2D eigenvalue weighted by Gasteiger charge is -2.47. The van der Waals surface area contributed by atoms with E-state index in [2.05, 4.69) is 5.32 Å². The number of alkyl halides is 2. The smallest absolute Gasteiger partial charge is 0.410 e. The Hall–Kier alpha value is -1.73. The highest BCUT2D eigenvalue weighted by molar-refractivity contribution is 5.69. The molecule has 3 rings (SSSR count). The topological polar surface area (TPSA) is 61.8 Å². The minimum Gasteiger partial charge on any atom is -0.444 e. The summed E-state index contributed by atoms with van der Waals surface area (Å²) in [4.78, 5) is 14.0. The van der Waals surface area contributed by atoms with Crippen molar-refractivity contribution < 1.29 is 23.4 Å². The van der Waals surface area contributed by atoms with Crippen molar-refractivity contribution >= 4 is 6.09 Å². The highest BCUT2D eigenvalue weighted by Crippen LogP contribution is 2.49. The van der Waals surface area contributed by atoms with Crippen molar-refractivity contribution in [1.29, 1.82) is 0 Å². The SMILES string of the molecule is CC(C)(C)OC(=O)N1CCC[C@@]2(NCc3ccccc3)C1CC(F)(F)[C@@H]2O. The van der Waals surface area contributed by atoms with Gasteiger partial charge in [0.2, 0.25) is 0 Å². The molecule has 2 aliphatic rings. The lowest BCUT2D eigenvalue weighted by molar-refractivity contribution is -0.112. The first-order valence-corrected chi connectivity index (χ1v) is 9.40. The van der Waals surface area contributed by atoms with E-state index in [9.17, 15) is 18.7 Å². The number of carbonyl (C=O) groups is 1. The van der Waals surface area contributed by atoms with Gasteiger partial charge in [-0.3, -0.25) is 0 Å². The summed E-state index contributed by atoms with van der Waals surface area (Å²) < 4.78 is 34.5. The van der Waals surface area contributed by atoms with Gasteiger partial charge in [0.05, 0.1) is 11.6 Å². The zero-order valence-electron chi connectivity index (χ0n) is 16.0. The standard InChI is InChI=1S/C20H28F2N2O3/c1-18(2,3)27-17(26)24-11-7-10-19(15(24)12-20(21,22)16(19)25)23-13-14-8-5-4-6-9-14/h4-6,8-9,15-16,23,25H,7,10-13H2,1-3H3/t15?,16-,19-/m1/s1. The minimum atomic E-state index is -3.26. The van der Waals surface area contributed by atoms with E-state index in [1.165, 1.54) is 4.90 Å². The summed E-state index contributed by atoms with van der Waals surface area (Å²) in [5, 5.41) is 13.7. The second kappa shape index (κ2) is 7.02. The van der Waals surface area contributed by atoms with Crippen LogP contribution in [0.15, 0.2) is 30.3 Å². The fraction of sp³-hybridized carbons (Fsp3) is 0.650. The Kier molecular flexibility index (Phi) is 5.20. The number of carbonyl (C=O) groups excluding carboxylic acids is 1. The van der Waals surface area contributed by atoms with Crippen molar-refractivity contribution in [2.24, 2.45) is 0 Å². The van der Waals surface area contributed by atoms with E-state index >= 15 is 0 Å². The fourth-order valence-corrected chi connectivity index (χ4v) is 4.20. The van der Waals surface area contributed by atoms with Gasteiger partial charge in [0.25, 0.3) is 5.92 Å². The van der Waals surface area contributed by atoms with E-state index in [1.807, 2.05) is 30.3 Å². The summed E-state index contributed by atoms with van der Waals surface area (Å²) in [6.07, 6.45) is -2.15. The lowest BCUT2D eigenvalue weighted by atomic mass is 9.81. The second-order valence-corrected chi connectivity index (χ2v) is 8.54. The zero-order valence-corrected chi connectivity index (χ0v) is 16.0. The molecule has 1 amide bonds. The summed E-state index contributed by atoms with van der Waals surface area (Å²) in [5.41, 5.74) is -1.04. The van der Waals surface area contributed by atoms with Crippen LogP contribution in [0, 0.1) is 0 Å². The van der Waals surface area contributed by atoms with E-state index in [0.717, 1.165) is 5.56 Å². The predicted molar refractivity (Wildman–Crippen MR) is 97.5 cm³/mol. The summed E-state index contributed by atoms with van der Waals surface area (Å²) in [5.74, 6) is -3.26. The van der Waals surface area contributed by atoms with Gasteiger partial charge in [-0.2, -0.15) is 0 Å². The summed E-state index contributed by atoms with van der Waals surface area (Å²) in [6.45, 7) is 5.92. The van der Waals surface area contributed by atoms with Crippen LogP contribution in [0.25, 0.3) is 0 Å². The quantitative estimate of drug-likeness (QED) is 0.842. The molecular formula is C20H28F2N2O3. The average Bonchev–Trinajstić information content (AvgIpc) is 2.79. The normalized spacial score (nSPS) is 30.1. The van der Waals surface area contributed by atoms with Crippen molar-refractivity contribution in [3.05, 3.63) is 35.9 Å². The molecule has 0 bridgehead atoms. The third-order valence-electron chi connectivity index (χ3n) is 5.41. The van der Waals surface area contributed by atoms with Crippen molar-refractivity contribution in [3.63, 3.8) is 0 Å². The number of aliphatic hydroxyl groups excluding tert-OH is 1. The summed E-state index contributed by atoms with van der Waals surface area (Å²) in [7, 11) is 0. The number of amides is 1. The summed E-state index contributed by atoms with van der Waals surface area (Å²) >= 11 is 0. The third kappa shape index (κ3) is 3.94. The molecule has 1 unspecified atom stereocenters. The first-order valence-electron chi connectivity index (χ1n) is 9.40. The van der Waals surface area contributed by atoms with Crippen molar-refractivity contribution in [2.45, 2.75) is 75.8 Å². The number of halogens is 2. The Bertz CT molecular complexity index is 678. The Balaban J connectivity index is 1.87. The molecule has 0 aromatic heterocycles. The van der Waals surface area contributed by atoms with Crippen LogP contribution in [0.2, 0.25) is 0 Å². The number of hydrogen-bond acceptors (Lipinski definition) is 4. The maximum atomic E-state index is 14.5. The third-order valence-corrected chi connectivity index (χ3v) is 5.41. The van der Waals surface area contributed by atoms with Crippen molar-refractivity contribution in [1.82, 2.24) is 10.2 Å². The van der Waals surface area contributed by atoms with E-state index in [4.69, 9.17) is 4.74 Å². The van der Waals surface area contributed by atoms with Crippen LogP contribution in [-0.4, -0.2) is 51.9 Å². The van der Waals surface area contributed by atoms with Crippen LogP contribution in [0.1, 0.15) is 45.6 Å². The maximum absolute atomic E-state index is 14.5. The van der Waals surface area contributed by atoms with Crippen LogP contribution in [0.4, 0.5) is 13.6 Å². The molecule has 1 saturated carbocycles. The largest absolute Gasteiger partial charge is 0.444 e. The second-order valence-electron chi connectivity index (χ2n) is 8.54. The molecule has 1 aromatic carbocycles. The van der Waals surface area contributed by atoms with Gasteiger partial charge in [0.15, 0.2) is 0 Å². The molecule has 27 heavy (non-hydrogen) atoms. The van der Waals surface area contributed by atoms with Crippen LogP contribution in [0.5, 0.6) is 0 Å². The molecule has 2 fully saturated rings. The van der Waals surface area contributed by atoms with Gasteiger partial charge >= 0.3 is 6.09 Å². The highest BCUT2D eigenvalue weighted by atomic mass is 19.3. The van der Waals surface area contributed by atoms with Crippen LogP contribution in [-0.2, 0) is 11.3 Å². The molecule has 0 spiro atoms. The van der Waals surface area contributed by atoms with Gasteiger partial charge in [0, 0.05) is 19.5 Å². The van der Waals surface area contributed by atoms with E-state index in [0.29, 0.717) is 25.9 Å². The van der Waals surface area contributed by atoms with Crippen molar-refractivity contribution in [2.75, 3.05) is 6.54 Å². The molecule has 1 heterocycles. The molecule has 3 atom stereocenters. The van der Waals surface area contributed by atoms with Gasteiger partial charge in [-0.25, -0.2) is 13.6 Å². The van der Waals surface area contributed by atoms with Gasteiger partial charge in [-0.05, 0) is 39.2 Å². The molecule has 7 heteroatoms. The number of nitrogens with zero attached hydrogens (tertiary/aromatic N) is 1. The van der Waals surface area contributed by atoms with Gasteiger partial charge in [0.1, 0.15) is 11.7 Å². The highest BCUT2D eigenvalue weighted by Gasteiger charge is 2.66. The number of likely N-dealkylation sites (tertiary alicyclic amines) is 1. The van der Waals surface area contributed by atoms with Crippen molar-refractivity contribution in [3.8, 4) is 0 Å². The fourth-order valence-electron chi connectivity index (χ4n) is 4.20. The molecule has 1 saturated heterocycles. The first-order chi connectivity index (χ1) is 12.6. The Morgan fingerprint density at radius 2 is 2.00 bits per heavy atom. The molecular weight excluding hydrogens is 354 g/mol. The molecule has 150 valence electrons. The van der Waals surface area contributed by atoms with E-state index < -0.39 is 41.7 Å². The van der Waals surface area contributed by atoms with Gasteiger partial charge < -0.3 is 20.1 Å². The summed E-state index contributed by atoms with van der Waals surface area (Å²) in [6, 6.07) is 8.60. The molecule has 5 nitrogen and oxygen atoms in total. The molecule has 0 radical (unpaired) electrons. The first kappa shape index (κ1) is 20.0. The van der Waals surface area contributed by atoms with E-state index in [1.54, 1.807) is 20.8 Å². The molecule has 2 N–H and O–H groups in total. The Morgan fingerprint density at radius 1 is 1.33 bits per heavy atom.